The summed E-state index contributed by atoms with van der Waals surface area (Å²) in [4.78, 5) is 17.5. The number of ketones is 1. The fourth-order valence-electron chi connectivity index (χ4n) is 3.98. The average Bonchev–Trinajstić information content (AvgIpc) is 3.14. The number of allylic oxidation sites excluding steroid dienone is 2. The Bertz CT molecular complexity index is 1090. The van der Waals surface area contributed by atoms with E-state index < -0.39 is 0 Å². The van der Waals surface area contributed by atoms with Crippen LogP contribution in [-0.2, 0) is 10.5 Å². The summed E-state index contributed by atoms with van der Waals surface area (Å²) in [7, 11) is 0. The van der Waals surface area contributed by atoms with Gasteiger partial charge in [0.25, 0.3) is 0 Å². The molecule has 0 amide bonds. The van der Waals surface area contributed by atoms with Crippen LogP contribution in [0.2, 0.25) is 0 Å². The Labute approximate surface area is 172 Å². The molecule has 1 aliphatic carbocycles. The molecule has 0 saturated carbocycles. The molecule has 0 spiro atoms. The van der Waals surface area contributed by atoms with Gasteiger partial charge >= 0.3 is 0 Å². The number of anilines is 1. The van der Waals surface area contributed by atoms with E-state index in [1.165, 1.54) is 5.56 Å². The van der Waals surface area contributed by atoms with Gasteiger partial charge < -0.3 is 10.4 Å². The van der Waals surface area contributed by atoms with Gasteiger partial charge in [-0.25, -0.2) is 4.68 Å². The molecule has 7 heteroatoms. The largest absolute Gasteiger partial charge is 0.508 e. The molecule has 5 rings (SSSR count). The summed E-state index contributed by atoms with van der Waals surface area (Å²) in [6.45, 7) is 0. The number of thioether (sulfide) groups is 1. The first-order valence-corrected chi connectivity index (χ1v) is 10.6. The number of phenols is 1. The Morgan fingerprint density at radius 2 is 2.03 bits per heavy atom. The molecule has 0 radical (unpaired) electrons. The zero-order valence-corrected chi connectivity index (χ0v) is 16.5. The van der Waals surface area contributed by atoms with Crippen molar-refractivity contribution in [1.82, 2.24) is 14.8 Å². The molecule has 2 N–H and O–H groups in total. The number of aromatic hydroxyl groups is 1. The Balaban J connectivity index is 1.53. The lowest BCUT2D eigenvalue weighted by Gasteiger charge is -2.36. The molecule has 1 aliphatic heterocycles. The molecular weight excluding hydrogens is 384 g/mol. The van der Waals surface area contributed by atoms with Crippen molar-refractivity contribution in [1.29, 1.82) is 0 Å². The number of carbonyl (C=O) groups is 1. The predicted molar refractivity (Wildman–Crippen MR) is 112 cm³/mol. The van der Waals surface area contributed by atoms with Crippen molar-refractivity contribution in [2.45, 2.75) is 29.8 Å². The summed E-state index contributed by atoms with van der Waals surface area (Å²) in [6, 6.07) is 16.9. The van der Waals surface area contributed by atoms with Gasteiger partial charge in [-0.1, -0.05) is 60.3 Å². The minimum Gasteiger partial charge on any atom is -0.508 e. The van der Waals surface area contributed by atoms with Gasteiger partial charge in [0.1, 0.15) is 11.5 Å². The second kappa shape index (κ2) is 7.40. The van der Waals surface area contributed by atoms with Crippen molar-refractivity contribution < 1.29 is 9.90 Å². The number of hydrogen-bond acceptors (Lipinski definition) is 6. The van der Waals surface area contributed by atoms with Crippen LogP contribution in [0.1, 0.15) is 30.0 Å². The third kappa shape index (κ3) is 3.42. The molecule has 0 fully saturated rings. The standard InChI is InChI=1S/C22H20N4O2S/c27-16-9-4-8-15(12-16)20-19-17(10-5-11-18(19)28)23-21-24-22(25-26(20)21)29-13-14-6-2-1-3-7-14/h1-4,6-10,12,19-20,27H,5,11,13H2,(H,23,24,25)/t19-,20-/m1/s1. The molecule has 2 aliphatic rings. The third-order valence-corrected chi connectivity index (χ3v) is 6.22. The van der Waals surface area contributed by atoms with E-state index in [4.69, 9.17) is 5.10 Å². The molecule has 3 aromatic rings. The topological polar surface area (TPSA) is 80.0 Å². The van der Waals surface area contributed by atoms with E-state index in [0.717, 1.165) is 23.4 Å². The number of carbonyl (C=O) groups excluding carboxylic acids is 1. The maximum absolute atomic E-state index is 12.8. The van der Waals surface area contributed by atoms with Gasteiger partial charge in [0.15, 0.2) is 0 Å². The summed E-state index contributed by atoms with van der Waals surface area (Å²) >= 11 is 1.56. The fourth-order valence-corrected chi connectivity index (χ4v) is 4.76. The van der Waals surface area contributed by atoms with Gasteiger partial charge in [-0.05, 0) is 29.7 Å². The second-order valence-electron chi connectivity index (χ2n) is 7.24. The number of phenolic OH excluding ortho intramolecular Hbond substituents is 1. The highest BCUT2D eigenvalue weighted by molar-refractivity contribution is 7.98. The molecule has 0 bridgehead atoms. The first-order valence-electron chi connectivity index (χ1n) is 9.61. The van der Waals surface area contributed by atoms with Crippen LogP contribution in [0.15, 0.2) is 71.5 Å². The number of hydrogen-bond donors (Lipinski definition) is 2. The molecule has 2 atom stereocenters. The van der Waals surface area contributed by atoms with E-state index in [-0.39, 0.29) is 23.5 Å². The fraction of sp³-hybridized carbons (Fsp3) is 0.227. The van der Waals surface area contributed by atoms with E-state index in [2.05, 4.69) is 28.5 Å². The molecule has 2 aromatic carbocycles. The van der Waals surface area contributed by atoms with Gasteiger partial charge in [0, 0.05) is 17.9 Å². The van der Waals surface area contributed by atoms with Crippen LogP contribution in [0.4, 0.5) is 5.95 Å². The van der Waals surface area contributed by atoms with Crippen LogP contribution in [0.3, 0.4) is 0 Å². The minimum absolute atomic E-state index is 0.176. The van der Waals surface area contributed by atoms with Crippen molar-refractivity contribution >= 4 is 23.5 Å². The Hall–Kier alpha value is -3.06. The van der Waals surface area contributed by atoms with E-state index in [0.29, 0.717) is 17.5 Å². The number of benzene rings is 2. The number of aromatic nitrogens is 3. The van der Waals surface area contributed by atoms with Crippen molar-refractivity contribution in [2.75, 3.05) is 5.32 Å². The summed E-state index contributed by atoms with van der Waals surface area (Å²) in [5.74, 6) is 1.42. The molecule has 0 unspecified atom stereocenters. The van der Waals surface area contributed by atoms with Crippen LogP contribution in [0.5, 0.6) is 5.75 Å². The number of rotatable bonds is 4. The lowest BCUT2D eigenvalue weighted by molar-refractivity contribution is -0.123. The van der Waals surface area contributed by atoms with Crippen molar-refractivity contribution in [2.24, 2.45) is 5.92 Å². The molecule has 1 aromatic heterocycles. The van der Waals surface area contributed by atoms with E-state index in [9.17, 15) is 9.90 Å². The SMILES string of the molecule is O=C1CCC=C2Nc3nc(SCc4ccccc4)nn3[C@H](c3cccc(O)c3)[C@@H]12. The van der Waals surface area contributed by atoms with Crippen LogP contribution < -0.4 is 5.32 Å². The Morgan fingerprint density at radius 3 is 2.86 bits per heavy atom. The lowest BCUT2D eigenvalue weighted by atomic mass is 9.81. The summed E-state index contributed by atoms with van der Waals surface area (Å²) in [5.41, 5.74) is 2.94. The average molecular weight is 404 g/mol. The van der Waals surface area contributed by atoms with Crippen molar-refractivity contribution in [3.8, 4) is 5.75 Å². The van der Waals surface area contributed by atoms with Gasteiger partial charge in [-0.15, -0.1) is 5.10 Å². The lowest BCUT2D eigenvalue weighted by Crippen LogP contribution is -2.38. The first kappa shape index (κ1) is 18.0. The summed E-state index contributed by atoms with van der Waals surface area (Å²) < 4.78 is 1.80. The molecule has 29 heavy (non-hydrogen) atoms. The maximum atomic E-state index is 12.8. The first-order chi connectivity index (χ1) is 14.2. The highest BCUT2D eigenvalue weighted by atomic mass is 32.2. The van der Waals surface area contributed by atoms with E-state index >= 15 is 0 Å². The zero-order chi connectivity index (χ0) is 19.8. The number of Topliss-reactive ketones (excluding diaryl/α,β-unsaturated/α-hetero) is 1. The molecule has 0 saturated heterocycles. The predicted octanol–water partition coefficient (Wildman–Crippen LogP) is 4.15. The quantitative estimate of drug-likeness (QED) is 0.636. The Kier molecular flexibility index (Phi) is 4.60. The second-order valence-corrected chi connectivity index (χ2v) is 8.19. The highest BCUT2D eigenvalue weighted by Gasteiger charge is 2.41. The van der Waals surface area contributed by atoms with E-state index in [1.807, 2.05) is 24.3 Å². The van der Waals surface area contributed by atoms with E-state index in [1.54, 1.807) is 34.6 Å². The molecular formula is C22H20N4O2S. The molecule has 146 valence electrons. The molecule has 6 nitrogen and oxygen atoms in total. The van der Waals surface area contributed by atoms with Crippen molar-refractivity contribution in [3.05, 3.63) is 77.5 Å². The van der Waals surface area contributed by atoms with Crippen LogP contribution in [0.25, 0.3) is 0 Å². The summed E-state index contributed by atoms with van der Waals surface area (Å²) in [5, 5.41) is 18.7. The van der Waals surface area contributed by atoms with Gasteiger partial charge in [-0.2, -0.15) is 4.98 Å². The van der Waals surface area contributed by atoms with Gasteiger partial charge in [0.2, 0.25) is 11.1 Å². The number of nitrogens with one attached hydrogen (secondary N) is 1. The zero-order valence-electron chi connectivity index (χ0n) is 15.7. The number of fused-ring (bicyclic) bond motifs is 2. The highest BCUT2D eigenvalue weighted by Crippen LogP contribution is 2.42. The monoisotopic (exact) mass is 404 g/mol. The van der Waals surface area contributed by atoms with Crippen molar-refractivity contribution in [3.63, 3.8) is 0 Å². The molecule has 2 heterocycles. The minimum atomic E-state index is -0.341. The maximum Gasteiger partial charge on any atom is 0.227 e. The van der Waals surface area contributed by atoms with Gasteiger partial charge in [-0.3, -0.25) is 4.79 Å². The van der Waals surface area contributed by atoms with Crippen LogP contribution in [0, 0.1) is 5.92 Å². The smallest absolute Gasteiger partial charge is 0.227 e. The summed E-state index contributed by atoms with van der Waals surface area (Å²) in [6.07, 6.45) is 3.33. The third-order valence-electron chi connectivity index (χ3n) is 5.31. The van der Waals surface area contributed by atoms with Crippen LogP contribution >= 0.6 is 11.8 Å². The van der Waals surface area contributed by atoms with Crippen LogP contribution in [-0.4, -0.2) is 25.7 Å². The van der Waals surface area contributed by atoms with Gasteiger partial charge in [0.05, 0.1) is 12.0 Å². The normalized spacial score (nSPS) is 20.4. The Morgan fingerprint density at radius 1 is 1.17 bits per heavy atom. The number of nitrogens with zero attached hydrogens (tertiary/aromatic N) is 3.